The van der Waals surface area contributed by atoms with Gasteiger partial charge in [-0.2, -0.15) is 0 Å². The molecule has 0 radical (unpaired) electrons. The Bertz CT molecular complexity index is 994. The zero-order valence-corrected chi connectivity index (χ0v) is 15.0. The van der Waals surface area contributed by atoms with Gasteiger partial charge in [-0.15, -0.1) is 0 Å². The Morgan fingerprint density at radius 3 is 2.42 bits per heavy atom. The van der Waals surface area contributed by atoms with Crippen molar-refractivity contribution < 1.29 is 4.42 Å². The third-order valence-electron chi connectivity index (χ3n) is 3.86. The van der Waals surface area contributed by atoms with Crippen molar-refractivity contribution >= 4 is 38.6 Å². The maximum Gasteiger partial charge on any atom is 0.199 e. The standard InChI is InChI=1S/C20H13BrClNO/c21-17-11-15(14-4-2-1-3-5-14)12-18-20(17)24-19(23-18)10-13-6-8-16(22)9-7-13/h1-9,11-12H,10H2. The number of oxazole rings is 1. The Morgan fingerprint density at radius 2 is 1.67 bits per heavy atom. The number of aromatic nitrogens is 1. The Morgan fingerprint density at radius 1 is 0.917 bits per heavy atom. The second kappa shape index (κ2) is 6.42. The summed E-state index contributed by atoms with van der Waals surface area (Å²) in [5.41, 5.74) is 5.01. The molecule has 24 heavy (non-hydrogen) atoms. The molecule has 0 spiro atoms. The highest BCUT2D eigenvalue weighted by molar-refractivity contribution is 9.10. The van der Waals surface area contributed by atoms with Crippen LogP contribution in [0.15, 0.2) is 75.6 Å². The largest absolute Gasteiger partial charge is 0.439 e. The molecule has 0 fully saturated rings. The quantitative estimate of drug-likeness (QED) is 0.393. The predicted molar refractivity (Wildman–Crippen MR) is 101 cm³/mol. The average Bonchev–Trinajstić information content (AvgIpc) is 3.01. The fraction of sp³-hybridized carbons (Fsp3) is 0.0500. The zero-order chi connectivity index (χ0) is 16.5. The average molecular weight is 399 g/mol. The van der Waals surface area contributed by atoms with E-state index in [0.29, 0.717) is 12.3 Å². The van der Waals surface area contributed by atoms with E-state index in [1.807, 2.05) is 42.5 Å². The molecule has 0 saturated carbocycles. The SMILES string of the molecule is Clc1ccc(Cc2nc3cc(-c4ccccc4)cc(Br)c3o2)cc1. The van der Waals surface area contributed by atoms with Crippen LogP contribution in [0.2, 0.25) is 5.02 Å². The van der Waals surface area contributed by atoms with Crippen molar-refractivity contribution in [2.45, 2.75) is 6.42 Å². The number of benzene rings is 3. The van der Waals surface area contributed by atoms with Crippen LogP contribution in [0.3, 0.4) is 0 Å². The molecule has 4 aromatic rings. The van der Waals surface area contributed by atoms with E-state index in [0.717, 1.165) is 37.3 Å². The first-order valence-corrected chi connectivity index (χ1v) is 8.75. The molecule has 0 unspecified atom stereocenters. The van der Waals surface area contributed by atoms with E-state index < -0.39 is 0 Å². The minimum Gasteiger partial charge on any atom is -0.439 e. The molecular weight excluding hydrogens is 386 g/mol. The van der Waals surface area contributed by atoms with Crippen LogP contribution in [0, 0.1) is 0 Å². The molecule has 1 aromatic heterocycles. The molecule has 0 bridgehead atoms. The molecular formula is C20H13BrClNO. The summed E-state index contributed by atoms with van der Waals surface area (Å²) in [6.45, 7) is 0. The van der Waals surface area contributed by atoms with Crippen molar-refractivity contribution in [1.82, 2.24) is 4.98 Å². The molecule has 0 saturated heterocycles. The molecule has 0 N–H and O–H groups in total. The number of nitrogens with zero attached hydrogens (tertiary/aromatic N) is 1. The van der Waals surface area contributed by atoms with Crippen molar-refractivity contribution in [3.63, 3.8) is 0 Å². The summed E-state index contributed by atoms with van der Waals surface area (Å²) < 4.78 is 6.84. The molecule has 4 rings (SSSR count). The molecule has 118 valence electrons. The highest BCUT2D eigenvalue weighted by Crippen LogP contribution is 2.32. The normalized spacial score (nSPS) is 11.1. The predicted octanol–water partition coefficient (Wildman–Crippen LogP) is 6.50. The summed E-state index contributed by atoms with van der Waals surface area (Å²) >= 11 is 9.53. The van der Waals surface area contributed by atoms with Gasteiger partial charge in [0.1, 0.15) is 5.52 Å². The maximum atomic E-state index is 5.93. The van der Waals surface area contributed by atoms with Crippen molar-refractivity contribution in [3.05, 3.63) is 87.7 Å². The lowest BCUT2D eigenvalue weighted by Gasteiger charge is -2.02. The lowest BCUT2D eigenvalue weighted by Crippen LogP contribution is -1.87. The van der Waals surface area contributed by atoms with E-state index >= 15 is 0 Å². The topological polar surface area (TPSA) is 26.0 Å². The second-order valence-corrected chi connectivity index (χ2v) is 6.87. The van der Waals surface area contributed by atoms with Crippen LogP contribution in [0.5, 0.6) is 0 Å². The molecule has 4 heteroatoms. The van der Waals surface area contributed by atoms with Crippen LogP contribution >= 0.6 is 27.5 Å². The van der Waals surface area contributed by atoms with Gasteiger partial charge in [0.25, 0.3) is 0 Å². The third-order valence-corrected chi connectivity index (χ3v) is 4.71. The maximum absolute atomic E-state index is 5.93. The van der Waals surface area contributed by atoms with Gasteiger partial charge in [0.05, 0.1) is 4.47 Å². The van der Waals surface area contributed by atoms with Gasteiger partial charge in [-0.05, 0) is 56.9 Å². The monoisotopic (exact) mass is 397 g/mol. The number of hydrogen-bond acceptors (Lipinski definition) is 2. The summed E-state index contributed by atoms with van der Waals surface area (Å²) in [6.07, 6.45) is 0.638. The zero-order valence-electron chi connectivity index (χ0n) is 12.7. The fourth-order valence-corrected chi connectivity index (χ4v) is 3.34. The lowest BCUT2D eigenvalue weighted by molar-refractivity contribution is 0.543. The first-order valence-electron chi connectivity index (χ1n) is 7.58. The van der Waals surface area contributed by atoms with Crippen LogP contribution in [0.1, 0.15) is 11.5 Å². The Balaban J connectivity index is 1.72. The van der Waals surface area contributed by atoms with Crippen LogP contribution in [0.25, 0.3) is 22.2 Å². The van der Waals surface area contributed by atoms with E-state index in [1.54, 1.807) is 0 Å². The summed E-state index contributed by atoms with van der Waals surface area (Å²) in [5, 5.41) is 0.728. The van der Waals surface area contributed by atoms with E-state index in [9.17, 15) is 0 Å². The second-order valence-electron chi connectivity index (χ2n) is 5.58. The molecule has 1 heterocycles. The third kappa shape index (κ3) is 3.10. The van der Waals surface area contributed by atoms with Crippen molar-refractivity contribution in [1.29, 1.82) is 0 Å². The van der Waals surface area contributed by atoms with Crippen LogP contribution in [0.4, 0.5) is 0 Å². The van der Waals surface area contributed by atoms with Gasteiger partial charge in [-0.25, -0.2) is 4.98 Å². The first kappa shape index (κ1) is 15.4. The minimum atomic E-state index is 0.638. The Labute approximate surface area is 153 Å². The summed E-state index contributed by atoms with van der Waals surface area (Å²) in [5.74, 6) is 0.693. The molecule has 0 aliphatic rings. The number of rotatable bonds is 3. The number of fused-ring (bicyclic) bond motifs is 1. The number of halogens is 2. The van der Waals surface area contributed by atoms with E-state index in [1.165, 1.54) is 0 Å². The molecule has 3 aromatic carbocycles. The van der Waals surface area contributed by atoms with Gasteiger partial charge in [0.2, 0.25) is 0 Å². The number of hydrogen-bond donors (Lipinski definition) is 0. The van der Waals surface area contributed by atoms with Crippen molar-refractivity contribution in [3.8, 4) is 11.1 Å². The molecule has 0 atom stereocenters. The van der Waals surface area contributed by atoms with Gasteiger partial charge >= 0.3 is 0 Å². The smallest absolute Gasteiger partial charge is 0.199 e. The van der Waals surface area contributed by atoms with Crippen LogP contribution < -0.4 is 0 Å². The van der Waals surface area contributed by atoms with E-state index in [4.69, 9.17) is 16.0 Å². The van der Waals surface area contributed by atoms with Gasteiger partial charge < -0.3 is 4.42 Å². The van der Waals surface area contributed by atoms with Crippen LogP contribution in [-0.4, -0.2) is 4.98 Å². The minimum absolute atomic E-state index is 0.638. The van der Waals surface area contributed by atoms with Gasteiger partial charge in [0.15, 0.2) is 11.5 Å². The van der Waals surface area contributed by atoms with E-state index in [-0.39, 0.29) is 0 Å². The summed E-state index contributed by atoms with van der Waals surface area (Å²) in [7, 11) is 0. The molecule has 0 aliphatic heterocycles. The Kier molecular flexibility index (Phi) is 4.13. The first-order chi connectivity index (χ1) is 11.7. The van der Waals surface area contributed by atoms with Crippen molar-refractivity contribution in [2.75, 3.05) is 0 Å². The van der Waals surface area contributed by atoms with Gasteiger partial charge in [0, 0.05) is 11.4 Å². The summed E-state index contributed by atoms with van der Waals surface area (Å²) in [4.78, 5) is 4.65. The highest BCUT2D eigenvalue weighted by atomic mass is 79.9. The Hall–Kier alpha value is -2.10. The molecule has 0 aliphatic carbocycles. The summed E-state index contributed by atoms with van der Waals surface area (Å²) in [6, 6.07) is 22.1. The molecule has 0 amide bonds. The van der Waals surface area contributed by atoms with E-state index in [2.05, 4.69) is 45.2 Å². The van der Waals surface area contributed by atoms with Gasteiger partial charge in [-0.1, -0.05) is 54.1 Å². The van der Waals surface area contributed by atoms with Gasteiger partial charge in [-0.3, -0.25) is 0 Å². The fourth-order valence-electron chi connectivity index (χ4n) is 2.69. The lowest BCUT2D eigenvalue weighted by atomic mass is 10.1. The highest BCUT2D eigenvalue weighted by Gasteiger charge is 2.12. The molecule has 2 nitrogen and oxygen atoms in total. The van der Waals surface area contributed by atoms with Crippen molar-refractivity contribution in [2.24, 2.45) is 0 Å². The van der Waals surface area contributed by atoms with Crippen LogP contribution in [-0.2, 0) is 6.42 Å².